The molecular formula is C9H17NO. The SMILES string of the molecule is C#CC(CCCOCC)NC. The van der Waals surface area contributed by atoms with Crippen molar-refractivity contribution in [3.05, 3.63) is 0 Å². The molecule has 1 N–H and O–H groups in total. The van der Waals surface area contributed by atoms with Gasteiger partial charge in [0, 0.05) is 13.2 Å². The summed E-state index contributed by atoms with van der Waals surface area (Å²) in [6.45, 7) is 3.60. The Morgan fingerprint density at radius 3 is 2.82 bits per heavy atom. The zero-order valence-electron chi connectivity index (χ0n) is 7.39. The molecule has 2 heteroatoms. The molecule has 0 aliphatic rings. The minimum absolute atomic E-state index is 0.204. The van der Waals surface area contributed by atoms with Gasteiger partial charge < -0.3 is 10.1 Å². The Hall–Kier alpha value is -0.520. The van der Waals surface area contributed by atoms with E-state index >= 15 is 0 Å². The van der Waals surface area contributed by atoms with E-state index in [0.29, 0.717) is 0 Å². The van der Waals surface area contributed by atoms with Gasteiger partial charge in [-0.15, -0.1) is 6.42 Å². The van der Waals surface area contributed by atoms with Gasteiger partial charge in [0.15, 0.2) is 0 Å². The summed E-state index contributed by atoms with van der Waals surface area (Å²) in [6.07, 6.45) is 7.27. The highest BCUT2D eigenvalue weighted by atomic mass is 16.5. The van der Waals surface area contributed by atoms with Crippen LogP contribution in [0.2, 0.25) is 0 Å². The highest BCUT2D eigenvalue weighted by Crippen LogP contribution is 1.95. The van der Waals surface area contributed by atoms with Crippen LogP contribution in [0.15, 0.2) is 0 Å². The summed E-state index contributed by atoms with van der Waals surface area (Å²) in [5.41, 5.74) is 0. The van der Waals surface area contributed by atoms with Crippen LogP contribution < -0.4 is 5.32 Å². The van der Waals surface area contributed by atoms with E-state index in [1.807, 2.05) is 14.0 Å². The number of hydrogen-bond donors (Lipinski definition) is 1. The monoisotopic (exact) mass is 155 g/mol. The average Bonchev–Trinajstić information content (AvgIpc) is 2.05. The number of terminal acetylenes is 1. The topological polar surface area (TPSA) is 21.3 Å². The molecule has 0 amide bonds. The number of rotatable bonds is 6. The molecule has 0 heterocycles. The van der Waals surface area contributed by atoms with E-state index < -0.39 is 0 Å². The maximum atomic E-state index is 5.24. The van der Waals surface area contributed by atoms with E-state index in [1.165, 1.54) is 0 Å². The molecule has 0 aliphatic heterocycles. The van der Waals surface area contributed by atoms with E-state index in [-0.39, 0.29) is 6.04 Å². The lowest BCUT2D eigenvalue weighted by Gasteiger charge is -2.07. The van der Waals surface area contributed by atoms with Crippen LogP contribution in [-0.2, 0) is 4.74 Å². The van der Waals surface area contributed by atoms with Crippen molar-refractivity contribution < 1.29 is 4.74 Å². The molecule has 0 saturated heterocycles. The second-order valence-electron chi connectivity index (χ2n) is 2.35. The largest absolute Gasteiger partial charge is 0.382 e. The zero-order chi connectivity index (χ0) is 8.53. The summed E-state index contributed by atoms with van der Waals surface area (Å²) in [5.74, 6) is 2.66. The average molecular weight is 155 g/mol. The first-order chi connectivity index (χ1) is 5.35. The lowest BCUT2D eigenvalue weighted by Crippen LogP contribution is -2.23. The van der Waals surface area contributed by atoms with E-state index in [1.54, 1.807) is 0 Å². The highest BCUT2D eigenvalue weighted by molar-refractivity contribution is 4.97. The quantitative estimate of drug-likeness (QED) is 0.457. The Balaban J connectivity index is 3.16. The van der Waals surface area contributed by atoms with Crippen LogP contribution in [0.5, 0.6) is 0 Å². The predicted molar refractivity (Wildman–Crippen MR) is 47.4 cm³/mol. The van der Waals surface area contributed by atoms with Crippen molar-refractivity contribution in [3.8, 4) is 12.3 Å². The molecule has 1 unspecified atom stereocenters. The fourth-order valence-electron chi connectivity index (χ4n) is 0.845. The normalized spacial score (nSPS) is 12.5. The van der Waals surface area contributed by atoms with Crippen molar-refractivity contribution in [1.82, 2.24) is 5.32 Å². The lowest BCUT2D eigenvalue weighted by molar-refractivity contribution is 0.142. The summed E-state index contributed by atoms with van der Waals surface area (Å²) < 4.78 is 5.18. The third-order valence-corrected chi connectivity index (χ3v) is 1.54. The van der Waals surface area contributed by atoms with Gasteiger partial charge in [-0.25, -0.2) is 0 Å². The van der Waals surface area contributed by atoms with Gasteiger partial charge in [-0.05, 0) is 26.8 Å². The summed E-state index contributed by atoms with van der Waals surface area (Å²) >= 11 is 0. The maximum Gasteiger partial charge on any atom is 0.0685 e. The standard InChI is InChI=1S/C9H17NO/c1-4-9(10-3)7-6-8-11-5-2/h1,9-10H,5-8H2,2-3H3. The minimum atomic E-state index is 0.204. The van der Waals surface area contributed by atoms with Crippen molar-refractivity contribution in [2.75, 3.05) is 20.3 Å². The summed E-state index contributed by atoms with van der Waals surface area (Å²) in [7, 11) is 1.88. The molecule has 0 bridgehead atoms. The van der Waals surface area contributed by atoms with E-state index in [9.17, 15) is 0 Å². The third kappa shape index (κ3) is 5.90. The Morgan fingerprint density at radius 1 is 1.64 bits per heavy atom. The van der Waals surface area contributed by atoms with Gasteiger partial charge >= 0.3 is 0 Å². The van der Waals surface area contributed by atoms with Gasteiger partial charge in [-0.1, -0.05) is 5.92 Å². The second-order valence-corrected chi connectivity index (χ2v) is 2.35. The fraction of sp³-hybridized carbons (Fsp3) is 0.778. The number of ether oxygens (including phenoxy) is 1. The molecular weight excluding hydrogens is 138 g/mol. The van der Waals surface area contributed by atoms with Gasteiger partial charge in [-0.2, -0.15) is 0 Å². The molecule has 0 aromatic rings. The smallest absolute Gasteiger partial charge is 0.0685 e. The van der Waals surface area contributed by atoms with Gasteiger partial charge in [0.25, 0.3) is 0 Å². The Labute approximate surface area is 69.3 Å². The number of nitrogens with one attached hydrogen (secondary N) is 1. The van der Waals surface area contributed by atoms with E-state index in [0.717, 1.165) is 26.1 Å². The van der Waals surface area contributed by atoms with Gasteiger partial charge in [-0.3, -0.25) is 0 Å². The molecule has 0 fully saturated rings. The fourth-order valence-corrected chi connectivity index (χ4v) is 0.845. The Morgan fingerprint density at radius 2 is 2.36 bits per heavy atom. The first kappa shape index (κ1) is 10.5. The Kier molecular flexibility index (Phi) is 7.23. The van der Waals surface area contributed by atoms with Gasteiger partial charge in [0.2, 0.25) is 0 Å². The molecule has 0 aromatic heterocycles. The van der Waals surface area contributed by atoms with Crippen LogP contribution in [0.4, 0.5) is 0 Å². The molecule has 0 radical (unpaired) electrons. The molecule has 0 aliphatic carbocycles. The summed E-state index contributed by atoms with van der Waals surface area (Å²) in [5, 5.41) is 3.04. The molecule has 1 atom stereocenters. The van der Waals surface area contributed by atoms with Crippen LogP contribution in [0.25, 0.3) is 0 Å². The van der Waals surface area contributed by atoms with Crippen LogP contribution in [0.1, 0.15) is 19.8 Å². The molecule has 0 aromatic carbocycles. The molecule has 0 rings (SSSR count). The predicted octanol–water partition coefficient (Wildman–Crippen LogP) is 1.02. The van der Waals surface area contributed by atoms with Crippen LogP contribution >= 0.6 is 0 Å². The second kappa shape index (κ2) is 7.59. The van der Waals surface area contributed by atoms with E-state index in [4.69, 9.17) is 11.2 Å². The zero-order valence-corrected chi connectivity index (χ0v) is 7.39. The first-order valence-corrected chi connectivity index (χ1v) is 4.06. The van der Waals surface area contributed by atoms with Gasteiger partial charge in [0.1, 0.15) is 0 Å². The van der Waals surface area contributed by atoms with Crippen LogP contribution in [0, 0.1) is 12.3 Å². The van der Waals surface area contributed by atoms with Crippen molar-refractivity contribution in [2.24, 2.45) is 0 Å². The van der Waals surface area contributed by atoms with Crippen molar-refractivity contribution in [2.45, 2.75) is 25.8 Å². The Bertz CT molecular complexity index is 117. The maximum absolute atomic E-state index is 5.24. The van der Waals surface area contributed by atoms with Crippen LogP contribution in [-0.4, -0.2) is 26.3 Å². The number of hydrogen-bond acceptors (Lipinski definition) is 2. The molecule has 0 spiro atoms. The van der Waals surface area contributed by atoms with Gasteiger partial charge in [0.05, 0.1) is 6.04 Å². The highest BCUT2D eigenvalue weighted by Gasteiger charge is 1.98. The molecule has 11 heavy (non-hydrogen) atoms. The molecule has 64 valence electrons. The lowest BCUT2D eigenvalue weighted by atomic mass is 10.2. The first-order valence-electron chi connectivity index (χ1n) is 4.06. The molecule has 2 nitrogen and oxygen atoms in total. The van der Waals surface area contributed by atoms with E-state index in [2.05, 4.69) is 11.2 Å². The summed E-state index contributed by atoms with van der Waals surface area (Å²) in [6, 6.07) is 0.204. The summed E-state index contributed by atoms with van der Waals surface area (Å²) in [4.78, 5) is 0. The molecule has 0 saturated carbocycles. The van der Waals surface area contributed by atoms with Crippen LogP contribution in [0.3, 0.4) is 0 Å². The van der Waals surface area contributed by atoms with Crippen molar-refractivity contribution in [3.63, 3.8) is 0 Å². The van der Waals surface area contributed by atoms with Crippen molar-refractivity contribution in [1.29, 1.82) is 0 Å². The third-order valence-electron chi connectivity index (χ3n) is 1.54. The minimum Gasteiger partial charge on any atom is -0.382 e. The van der Waals surface area contributed by atoms with Crippen molar-refractivity contribution >= 4 is 0 Å².